The van der Waals surface area contributed by atoms with Gasteiger partial charge in [0.2, 0.25) is 5.91 Å². The van der Waals surface area contributed by atoms with Gasteiger partial charge in [0, 0.05) is 6.04 Å². The Balaban J connectivity index is 2.65. The van der Waals surface area contributed by atoms with Gasteiger partial charge in [-0.1, -0.05) is 25.8 Å². The Morgan fingerprint density at radius 1 is 1.50 bits per heavy atom. The van der Waals surface area contributed by atoms with E-state index in [1.165, 1.54) is 12.5 Å². The van der Waals surface area contributed by atoms with Gasteiger partial charge in [-0.3, -0.25) is 4.79 Å². The van der Waals surface area contributed by atoms with Crippen LogP contribution in [0, 0.1) is 0 Å². The maximum absolute atomic E-state index is 11.5. The molecule has 1 amide bonds. The summed E-state index contributed by atoms with van der Waals surface area (Å²) in [6.07, 6.45) is 6.13. The monoisotopic (exact) mass is 197 g/mol. The molecule has 0 spiro atoms. The molecule has 0 saturated heterocycles. The molecule has 80 valence electrons. The minimum absolute atomic E-state index is 0.160. The lowest BCUT2D eigenvalue weighted by atomic mass is 9.94. The van der Waals surface area contributed by atoms with Crippen LogP contribution in [0.1, 0.15) is 39.0 Å². The zero-order valence-corrected chi connectivity index (χ0v) is 8.78. The van der Waals surface area contributed by atoms with Gasteiger partial charge in [-0.15, -0.1) is 0 Å². The Hall–Kier alpha value is -0.830. The summed E-state index contributed by atoms with van der Waals surface area (Å²) in [5.41, 5.74) is 0. The summed E-state index contributed by atoms with van der Waals surface area (Å²) >= 11 is 0. The highest BCUT2D eigenvalue weighted by atomic mass is 16.3. The van der Waals surface area contributed by atoms with Gasteiger partial charge in [0.1, 0.15) is 6.23 Å². The van der Waals surface area contributed by atoms with Gasteiger partial charge in [-0.05, 0) is 25.8 Å². The number of nitrogens with zero attached hydrogens (tertiary/aromatic N) is 1. The first-order chi connectivity index (χ1) is 6.66. The molecule has 1 N–H and O–H groups in total. The average Bonchev–Trinajstić information content (AvgIpc) is 2.19. The van der Waals surface area contributed by atoms with E-state index in [0.717, 1.165) is 25.7 Å². The highest BCUT2D eigenvalue weighted by molar-refractivity contribution is 5.87. The fraction of sp³-hybridized carbons (Fsp3) is 0.727. The Kier molecular flexibility index (Phi) is 4.14. The van der Waals surface area contributed by atoms with Gasteiger partial charge in [-0.2, -0.15) is 0 Å². The number of carbonyl (C=O) groups excluding carboxylic acids is 1. The number of hydrogen-bond donors (Lipinski definition) is 1. The number of amides is 1. The van der Waals surface area contributed by atoms with Crippen molar-refractivity contribution in [3.8, 4) is 0 Å². The Bertz CT molecular complexity index is 207. The summed E-state index contributed by atoms with van der Waals surface area (Å²) in [4.78, 5) is 13.0. The van der Waals surface area contributed by atoms with Crippen molar-refractivity contribution in [2.75, 3.05) is 0 Å². The highest BCUT2D eigenvalue weighted by Gasteiger charge is 2.26. The van der Waals surface area contributed by atoms with E-state index in [2.05, 4.69) is 6.58 Å². The number of rotatable bonds is 3. The van der Waals surface area contributed by atoms with Crippen LogP contribution in [0.3, 0.4) is 0 Å². The minimum atomic E-state index is -0.705. The number of aliphatic hydroxyl groups excluding tert-OH is 1. The number of aliphatic hydroxyl groups is 1. The van der Waals surface area contributed by atoms with Gasteiger partial charge in [0.15, 0.2) is 0 Å². The van der Waals surface area contributed by atoms with Crippen molar-refractivity contribution >= 4 is 5.91 Å². The number of carbonyl (C=O) groups is 1. The van der Waals surface area contributed by atoms with Gasteiger partial charge in [-0.25, -0.2) is 0 Å². The van der Waals surface area contributed by atoms with Gasteiger partial charge >= 0.3 is 0 Å². The van der Waals surface area contributed by atoms with Crippen LogP contribution in [0.15, 0.2) is 12.7 Å². The molecule has 1 rings (SSSR count). The molecule has 1 aliphatic carbocycles. The van der Waals surface area contributed by atoms with Crippen molar-refractivity contribution in [1.29, 1.82) is 0 Å². The third-order valence-corrected chi connectivity index (χ3v) is 2.80. The predicted octanol–water partition coefficient (Wildman–Crippen LogP) is 1.67. The molecule has 1 atom stereocenters. The second-order valence-electron chi connectivity index (χ2n) is 3.87. The summed E-state index contributed by atoms with van der Waals surface area (Å²) in [7, 11) is 0. The van der Waals surface area contributed by atoms with Crippen LogP contribution in [0.2, 0.25) is 0 Å². The van der Waals surface area contributed by atoms with Crippen molar-refractivity contribution in [2.24, 2.45) is 0 Å². The molecule has 0 aromatic rings. The summed E-state index contributed by atoms with van der Waals surface area (Å²) < 4.78 is 0. The zero-order chi connectivity index (χ0) is 10.6. The molecule has 0 heterocycles. The van der Waals surface area contributed by atoms with Crippen LogP contribution in [0.4, 0.5) is 0 Å². The standard InChI is InChI=1S/C11H19NO2/c1-3-11(14)12(9(2)13)10-7-5-4-6-8-10/h3,9-10,13H,1,4-8H2,2H3. The van der Waals surface area contributed by atoms with E-state index in [0.29, 0.717) is 0 Å². The van der Waals surface area contributed by atoms with Gasteiger partial charge in [0.05, 0.1) is 0 Å². The fourth-order valence-corrected chi connectivity index (χ4v) is 2.13. The quantitative estimate of drug-likeness (QED) is 0.552. The van der Waals surface area contributed by atoms with Crippen molar-refractivity contribution in [3.63, 3.8) is 0 Å². The summed E-state index contributed by atoms with van der Waals surface area (Å²) in [5, 5.41) is 9.52. The molecule has 3 heteroatoms. The molecule has 1 aliphatic rings. The summed E-state index contributed by atoms with van der Waals surface area (Å²) in [6.45, 7) is 5.09. The molecule has 1 fully saturated rings. The summed E-state index contributed by atoms with van der Waals surface area (Å²) in [5.74, 6) is -0.160. The Morgan fingerprint density at radius 2 is 2.07 bits per heavy atom. The van der Waals surface area contributed by atoms with E-state index in [1.807, 2.05) is 0 Å². The average molecular weight is 197 g/mol. The van der Waals surface area contributed by atoms with Crippen LogP contribution < -0.4 is 0 Å². The van der Waals surface area contributed by atoms with E-state index in [4.69, 9.17) is 0 Å². The molecule has 0 aromatic heterocycles. The second-order valence-corrected chi connectivity index (χ2v) is 3.87. The van der Waals surface area contributed by atoms with E-state index in [1.54, 1.807) is 11.8 Å². The molecule has 0 bridgehead atoms. The Labute approximate surface area is 85.4 Å². The van der Waals surface area contributed by atoms with Crippen molar-refractivity contribution in [3.05, 3.63) is 12.7 Å². The first-order valence-electron chi connectivity index (χ1n) is 5.29. The molecular formula is C11H19NO2. The molecule has 3 nitrogen and oxygen atoms in total. The largest absolute Gasteiger partial charge is 0.374 e. The highest BCUT2D eigenvalue weighted by Crippen LogP contribution is 2.23. The molecule has 14 heavy (non-hydrogen) atoms. The minimum Gasteiger partial charge on any atom is -0.374 e. The predicted molar refractivity (Wildman–Crippen MR) is 55.6 cm³/mol. The Morgan fingerprint density at radius 3 is 2.50 bits per heavy atom. The van der Waals surface area contributed by atoms with Crippen LogP contribution in [0.25, 0.3) is 0 Å². The maximum Gasteiger partial charge on any atom is 0.248 e. The van der Waals surface area contributed by atoms with Gasteiger partial charge in [0.25, 0.3) is 0 Å². The van der Waals surface area contributed by atoms with E-state index >= 15 is 0 Å². The van der Waals surface area contributed by atoms with Crippen molar-refractivity contribution in [1.82, 2.24) is 4.90 Å². The van der Waals surface area contributed by atoms with Crippen LogP contribution in [0.5, 0.6) is 0 Å². The summed E-state index contributed by atoms with van der Waals surface area (Å²) in [6, 6.07) is 0.203. The first-order valence-corrected chi connectivity index (χ1v) is 5.29. The fourth-order valence-electron chi connectivity index (χ4n) is 2.13. The van der Waals surface area contributed by atoms with Crippen LogP contribution in [-0.2, 0) is 4.79 Å². The molecular weight excluding hydrogens is 178 g/mol. The molecule has 0 aliphatic heterocycles. The zero-order valence-electron chi connectivity index (χ0n) is 8.78. The third-order valence-electron chi connectivity index (χ3n) is 2.80. The topological polar surface area (TPSA) is 40.5 Å². The first kappa shape index (κ1) is 11.2. The SMILES string of the molecule is C=CC(=O)N(C(C)O)C1CCCCC1. The van der Waals surface area contributed by atoms with Crippen molar-refractivity contribution < 1.29 is 9.90 Å². The van der Waals surface area contributed by atoms with Crippen LogP contribution >= 0.6 is 0 Å². The lowest BCUT2D eigenvalue weighted by molar-refractivity contribution is -0.139. The number of hydrogen-bond acceptors (Lipinski definition) is 2. The van der Waals surface area contributed by atoms with E-state index in [9.17, 15) is 9.90 Å². The normalized spacial score (nSPS) is 20.1. The molecule has 1 saturated carbocycles. The lowest BCUT2D eigenvalue weighted by Crippen LogP contribution is -2.46. The van der Waals surface area contributed by atoms with Crippen LogP contribution in [-0.4, -0.2) is 28.2 Å². The molecule has 1 unspecified atom stereocenters. The van der Waals surface area contributed by atoms with E-state index < -0.39 is 6.23 Å². The van der Waals surface area contributed by atoms with Crippen molar-refractivity contribution in [2.45, 2.75) is 51.3 Å². The lowest BCUT2D eigenvalue weighted by Gasteiger charge is -2.35. The second kappa shape index (κ2) is 5.15. The third kappa shape index (κ3) is 2.58. The maximum atomic E-state index is 11.5. The van der Waals surface area contributed by atoms with E-state index in [-0.39, 0.29) is 11.9 Å². The molecule has 0 aromatic carbocycles. The van der Waals surface area contributed by atoms with Gasteiger partial charge < -0.3 is 10.0 Å². The molecule has 0 radical (unpaired) electrons. The smallest absolute Gasteiger partial charge is 0.248 e.